The van der Waals surface area contributed by atoms with Crippen LogP contribution < -0.4 is 10.6 Å². The van der Waals surface area contributed by atoms with Gasteiger partial charge in [0.1, 0.15) is 0 Å². The lowest BCUT2D eigenvalue weighted by atomic mass is 9.74. The fraction of sp³-hybridized carbons (Fsp3) is 0.857. The van der Waals surface area contributed by atoms with Crippen LogP contribution in [0, 0.1) is 5.41 Å². The summed E-state index contributed by atoms with van der Waals surface area (Å²) in [5.74, 6) is -0.155. The van der Waals surface area contributed by atoms with Gasteiger partial charge in [-0.25, -0.2) is 0 Å². The van der Waals surface area contributed by atoms with Crippen LogP contribution in [-0.4, -0.2) is 38.1 Å². The topological polar surface area (TPSA) is 67.4 Å². The van der Waals surface area contributed by atoms with Crippen LogP contribution in [0.25, 0.3) is 0 Å². The van der Waals surface area contributed by atoms with Gasteiger partial charge in [0.15, 0.2) is 0 Å². The van der Waals surface area contributed by atoms with E-state index in [4.69, 9.17) is 4.74 Å². The Hall–Kier alpha value is -1.10. The maximum Gasteiger partial charge on any atom is 0.307 e. The minimum atomic E-state index is -0.252. The summed E-state index contributed by atoms with van der Waals surface area (Å²) in [4.78, 5) is 23.6. The van der Waals surface area contributed by atoms with Gasteiger partial charge < -0.3 is 15.4 Å². The Morgan fingerprint density at radius 2 is 1.95 bits per heavy atom. The Labute approximate surface area is 115 Å². The van der Waals surface area contributed by atoms with Gasteiger partial charge >= 0.3 is 5.97 Å². The van der Waals surface area contributed by atoms with Gasteiger partial charge in [-0.05, 0) is 39.3 Å². The lowest BCUT2D eigenvalue weighted by Crippen LogP contribution is -2.48. The van der Waals surface area contributed by atoms with Crippen molar-refractivity contribution in [1.29, 1.82) is 0 Å². The number of carbonyl (C=O) groups excluding carboxylic acids is 2. The molecule has 1 saturated heterocycles. The van der Waals surface area contributed by atoms with Gasteiger partial charge in [0.2, 0.25) is 5.91 Å². The van der Waals surface area contributed by atoms with Gasteiger partial charge in [-0.15, -0.1) is 0 Å². The molecule has 1 heterocycles. The van der Waals surface area contributed by atoms with E-state index in [0.29, 0.717) is 13.2 Å². The van der Waals surface area contributed by atoms with Gasteiger partial charge in [-0.1, -0.05) is 13.3 Å². The molecule has 0 aromatic heterocycles. The van der Waals surface area contributed by atoms with Crippen LogP contribution in [0.15, 0.2) is 0 Å². The Kier molecular flexibility index (Phi) is 6.84. The molecule has 0 saturated carbocycles. The predicted molar refractivity (Wildman–Crippen MR) is 73.7 cm³/mol. The van der Waals surface area contributed by atoms with Crippen LogP contribution in [0.2, 0.25) is 0 Å². The average Bonchev–Trinajstić information content (AvgIpc) is 2.40. The van der Waals surface area contributed by atoms with E-state index in [0.717, 1.165) is 38.8 Å². The van der Waals surface area contributed by atoms with Gasteiger partial charge in [0, 0.05) is 6.54 Å². The number of carbonyl (C=O) groups is 2. The number of esters is 1. The molecule has 0 spiro atoms. The van der Waals surface area contributed by atoms with Crippen molar-refractivity contribution in [3.8, 4) is 0 Å². The Morgan fingerprint density at radius 1 is 1.26 bits per heavy atom. The maximum atomic E-state index is 12.4. The van der Waals surface area contributed by atoms with Crippen molar-refractivity contribution in [1.82, 2.24) is 10.6 Å². The van der Waals surface area contributed by atoms with Crippen LogP contribution in [0.3, 0.4) is 0 Å². The summed E-state index contributed by atoms with van der Waals surface area (Å²) in [6, 6.07) is 0. The van der Waals surface area contributed by atoms with Crippen molar-refractivity contribution in [2.75, 3.05) is 26.2 Å². The average molecular weight is 270 g/mol. The van der Waals surface area contributed by atoms with Gasteiger partial charge in [0.05, 0.1) is 18.4 Å². The largest absolute Gasteiger partial charge is 0.466 e. The molecule has 1 aliphatic heterocycles. The van der Waals surface area contributed by atoms with Crippen LogP contribution in [0.1, 0.15) is 46.0 Å². The van der Waals surface area contributed by atoms with Gasteiger partial charge in [0.25, 0.3) is 0 Å². The lowest BCUT2D eigenvalue weighted by Gasteiger charge is -2.36. The second-order valence-electron chi connectivity index (χ2n) is 5.09. The molecule has 0 unspecified atom stereocenters. The zero-order chi connectivity index (χ0) is 14.1. The summed E-state index contributed by atoms with van der Waals surface area (Å²) in [6.07, 6.45) is 3.93. The summed E-state index contributed by atoms with van der Waals surface area (Å²) in [6.45, 7) is 6.43. The number of ether oxygens (including phenoxy) is 1. The molecule has 110 valence electrons. The van der Waals surface area contributed by atoms with Crippen molar-refractivity contribution in [2.45, 2.75) is 46.0 Å². The van der Waals surface area contributed by atoms with E-state index >= 15 is 0 Å². The highest BCUT2D eigenvalue weighted by atomic mass is 16.5. The van der Waals surface area contributed by atoms with E-state index in [1.165, 1.54) is 0 Å². The molecule has 5 nitrogen and oxygen atoms in total. The zero-order valence-corrected chi connectivity index (χ0v) is 12.1. The third-order valence-electron chi connectivity index (χ3n) is 3.69. The number of hydrogen-bond donors (Lipinski definition) is 2. The summed E-state index contributed by atoms with van der Waals surface area (Å²) in [7, 11) is 0. The summed E-state index contributed by atoms with van der Waals surface area (Å²) in [5.41, 5.74) is -0.241. The minimum Gasteiger partial charge on any atom is -0.466 e. The van der Waals surface area contributed by atoms with Crippen LogP contribution >= 0.6 is 0 Å². The van der Waals surface area contributed by atoms with Crippen molar-refractivity contribution in [3.05, 3.63) is 0 Å². The molecule has 5 heteroatoms. The predicted octanol–water partition coefficient (Wildman–Crippen LogP) is 1.23. The van der Waals surface area contributed by atoms with E-state index in [2.05, 4.69) is 17.6 Å². The summed E-state index contributed by atoms with van der Waals surface area (Å²) < 4.78 is 4.84. The normalized spacial score (nSPS) is 17.8. The second kappa shape index (κ2) is 8.15. The van der Waals surface area contributed by atoms with E-state index in [-0.39, 0.29) is 23.7 Å². The maximum absolute atomic E-state index is 12.4. The van der Waals surface area contributed by atoms with E-state index in [1.54, 1.807) is 6.92 Å². The first-order valence-corrected chi connectivity index (χ1v) is 7.29. The molecule has 1 fully saturated rings. The number of rotatable bonds is 7. The summed E-state index contributed by atoms with van der Waals surface area (Å²) in [5, 5.41) is 6.19. The van der Waals surface area contributed by atoms with E-state index in [1.807, 2.05) is 0 Å². The molecule has 19 heavy (non-hydrogen) atoms. The highest BCUT2D eigenvalue weighted by Gasteiger charge is 2.38. The standard InChI is InChI=1S/C14H26N2O3/c1-3-6-14(7-10-15-11-8-14)13(18)16-9-5-12(17)19-4-2/h15H,3-11H2,1-2H3,(H,16,18). The number of amides is 1. The molecular weight excluding hydrogens is 244 g/mol. The lowest BCUT2D eigenvalue weighted by molar-refractivity contribution is -0.143. The second-order valence-corrected chi connectivity index (χ2v) is 5.09. The smallest absolute Gasteiger partial charge is 0.307 e. The third-order valence-corrected chi connectivity index (χ3v) is 3.69. The molecular formula is C14H26N2O3. The Balaban J connectivity index is 2.42. The SMILES string of the molecule is CCCC1(C(=O)NCCC(=O)OCC)CCNCC1. The quantitative estimate of drug-likeness (QED) is 0.683. The fourth-order valence-corrected chi connectivity index (χ4v) is 2.67. The Bertz CT molecular complexity index is 294. The van der Waals surface area contributed by atoms with E-state index < -0.39 is 0 Å². The number of hydrogen-bond acceptors (Lipinski definition) is 4. The first-order valence-electron chi connectivity index (χ1n) is 7.29. The molecule has 0 bridgehead atoms. The highest BCUT2D eigenvalue weighted by Crippen LogP contribution is 2.34. The monoisotopic (exact) mass is 270 g/mol. The molecule has 1 rings (SSSR count). The summed E-state index contributed by atoms with van der Waals surface area (Å²) >= 11 is 0. The molecule has 0 aliphatic carbocycles. The number of nitrogens with one attached hydrogen (secondary N) is 2. The molecule has 1 amide bonds. The molecule has 0 atom stereocenters. The third kappa shape index (κ3) is 4.82. The first kappa shape index (κ1) is 16.0. The van der Waals surface area contributed by atoms with Gasteiger partial charge in [-0.2, -0.15) is 0 Å². The van der Waals surface area contributed by atoms with Crippen molar-refractivity contribution >= 4 is 11.9 Å². The number of piperidine rings is 1. The van der Waals surface area contributed by atoms with Crippen molar-refractivity contribution < 1.29 is 14.3 Å². The molecule has 0 aromatic rings. The van der Waals surface area contributed by atoms with Crippen LogP contribution in [0.5, 0.6) is 0 Å². The molecule has 1 aliphatic rings. The first-order chi connectivity index (χ1) is 9.14. The molecule has 2 N–H and O–H groups in total. The van der Waals surface area contributed by atoms with Crippen LogP contribution in [-0.2, 0) is 14.3 Å². The zero-order valence-electron chi connectivity index (χ0n) is 12.1. The molecule has 0 radical (unpaired) electrons. The van der Waals surface area contributed by atoms with Crippen molar-refractivity contribution in [2.24, 2.45) is 5.41 Å². The Morgan fingerprint density at radius 3 is 2.53 bits per heavy atom. The van der Waals surface area contributed by atoms with Crippen molar-refractivity contribution in [3.63, 3.8) is 0 Å². The van der Waals surface area contributed by atoms with Crippen LogP contribution in [0.4, 0.5) is 0 Å². The van der Waals surface area contributed by atoms with Gasteiger partial charge in [-0.3, -0.25) is 9.59 Å². The van der Waals surface area contributed by atoms with E-state index in [9.17, 15) is 9.59 Å². The minimum absolute atomic E-state index is 0.0974. The molecule has 0 aromatic carbocycles. The highest BCUT2D eigenvalue weighted by molar-refractivity contribution is 5.83. The fourth-order valence-electron chi connectivity index (χ4n) is 2.67.